The molecule has 3 heterocycles. The van der Waals surface area contributed by atoms with Crippen LogP contribution >= 0.6 is 0 Å². The van der Waals surface area contributed by atoms with Crippen LogP contribution in [-0.4, -0.2) is 41.2 Å². The zero-order chi connectivity index (χ0) is 20.7. The van der Waals surface area contributed by atoms with Crippen molar-refractivity contribution in [3.8, 4) is 11.5 Å². The first-order chi connectivity index (χ1) is 14.6. The second-order valence-electron chi connectivity index (χ2n) is 7.15. The second kappa shape index (κ2) is 7.18. The van der Waals surface area contributed by atoms with Gasteiger partial charge in [0, 0.05) is 24.7 Å². The summed E-state index contributed by atoms with van der Waals surface area (Å²) in [6.45, 7) is 1.14. The number of carbonyl (C=O) groups excluding carboxylic acids is 2. The SMILES string of the molecule is O=C(Nn1cnc2ccccc2c1=O)[C@H]1CC(=O)N(c2ccc3c(c2)OCCO3)C1. The maximum atomic E-state index is 12.7. The number of nitrogens with zero attached hydrogens (tertiary/aromatic N) is 3. The topological polar surface area (TPSA) is 103 Å². The quantitative estimate of drug-likeness (QED) is 0.703. The van der Waals surface area contributed by atoms with Gasteiger partial charge in [-0.15, -0.1) is 0 Å². The van der Waals surface area contributed by atoms with Gasteiger partial charge in [-0.3, -0.25) is 19.8 Å². The Morgan fingerprint density at radius 1 is 1.07 bits per heavy atom. The number of fused-ring (bicyclic) bond motifs is 2. The Morgan fingerprint density at radius 3 is 2.73 bits per heavy atom. The Kier molecular flexibility index (Phi) is 4.35. The van der Waals surface area contributed by atoms with Crippen LogP contribution < -0.4 is 25.4 Å². The molecule has 0 aliphatic carbocycles. The number of hydrogen-bond donors (Lipinski definition) is 1. The Hall–Kier alpha value is -3.88. The van der Waals surface area contributed by atoms with Gasteiger partial charge in [-0.25, -0.2) is 9.66 Å². The number of para-hydroxylation sites is 1. The monoisotopic (exact) mass is 406 g/mol. The third-order valence-corrected chi connectivity index (χ3v) is 5.23. The van der Waals surface area contributed by atoms with Crippen molar-refractivity contribution in [2.75, 3.05) is 30.1 Å². The fourth-order valence-electron chi connectivity index (χ4n) is 3.69. The van der Waals surface area contributed by atoms with E-state index >= 15 is 0 Å². The van der Waals surface area contributed by atoms with Crippen LogP contribution in [0.4, 0.5) is 5.69 Å². The number of hydrogen-bond acceptors (Lipinski definition) is 6. The fraction of sp³-hybridized carbons (Fsp3) is 0.238. The van der Waals surface area contributed by atoms with Gasteiger partial charge >= 0.3 is 0 Å². The van der Waals surface area contributed by atoms with Crippen LogP contribution in [0.25, 0.3) is 10.9 Å². The van der Waals surface area contributed by atoms with Gasteiger partial charge in [-0.2, -0.15) is 0 Å². The molecular formula is C21H18N4O5. The minimum Gasteiger partial charge on any atom is -0.486 e. The van der Waals surface area contributed by atoms with E-state index in [-0.39, 0.29) is 24.4 Å². The van der Waals surface area contributed by atoms with Crippen molar-refractivity contribution < 1.29 is 19.1 Å². The Balaban J connectivity index is 1.34. The number of anilines is 1. The fourth-order valence-corrected chi connectivity index (χ4v) is 3.69. The Bertz CT molecular complexity index is 1220. The van der Waals surface area contributed by atoms with E-state index in [9.17, 15) is 14.4 Å². The lowest BCUT2D eigenvalue weighted by molar-refractivity contribution is -0.123. The molecular weight excluding hydrogens is 388 g/mol. The second-order valence-corrected chi connectivity index (χ2v) is 7.15. The summed E-state index contributed by atoms with van der Waals surface area (Å²) >= 11 is 0. The lowest BCUT2D eigenvalue weighted by atomic mass is 10.1. The number of carbonyl (C=O) groups is 2. The van der Waals surface area contributed by atoms with Gasteiger partial charge in [-0.1, -0.05) is 12.1 Å². The van der Waals surface area contributed by atoms with E-state index < -0.39 is 11.8 Å². The van der Waals surface area contributed by atoms with Crippen molar-refractivity contribution in [1.82, 2.24) is 9.66 Å². The van der Waals surface area contributed by atoms with Crippen LogP contribution in [0.2, 0.25) is 0 Å². The van der Waals surface area contributed by atoms with Crippen molar-refractivity contribution in [2.45, 2.75) is 6.42 Å². The highest BCUT2D eigenvalue weighted by molar-refractivity contribution is 6.02. The van der Waals surface area contributed by atoms with Gasteiger partial charge in [0.15, 0.2) is 11.5 Å². The summed E-state index contributed by atoms with van der Waals surface area (Å²) in [5, 5.41) is 0.403. The molecule has 5 rings (SSSR count). The maximum Gasteiger partial charge on any atom is 0.280 e. The van der Waals surface area contributed by atoms with Crippen molar-refractivity contribution in [3.63, 3.8) is 0 Å². The summed E-state index contributed by atoms with van der Waals surface area (Å²) in [7, 11) is 0. The molecule has 2 amide bonds. The summed E-state index contributed by atoms with van der Waals surface area (Å²) in [6.07, 6.45) is 1.33. The number of aromatic nitrogens is 2. The molecule has 9 heteroatoms. The molecule has 30 heavy (non-hydrogen) atoms. The summed E-state index contributed by atoms with van der Waals surface area (Å²) < 4.78 is 12.1. The molecule has 1 fully saturated rings. The van der Waals surface area contributed by atoms with E-state index in [1.165, 1.54) is 6.33 Å². The van der Waals surface area contributed by atoms with E-state index in [1.807, 2.05) is 0 Å². The minimum atomic E-state index is -0.593. The molecule has 1 N–H and O–H groups in total. The van der Waals surface area contributed by atoms with Crippen LogP contribution in [0, 0.1) is 5.92 Å². The summed E-state index contributed by atoms with van der Waals surface area (Å²) in [5.41, 5.74) is 3.39. The molecule has 0 unspecified atom stereocenters. The van der Waals surface area contributed by atoms with Crippen LogP contribution in [0.5, 0.6) is 11.5 Å². The third-order valence-electron chi connectivity index (χ3n) is 5.23. The van der Waals surface area contributed by atoms with Crippen molar-refractivity contribution in [2.24, 2.45) is 5.92 Å². The van der Waals surface area contributed by atoms with Crippen LogP contribution in [0.15, 0.2) is 53.6 Å². The zero-order valence-electron chi connectivity index (χ0n) is 15.9. The largest absolute Gasteiger partial charge is 0.486 e. The standard InChI is InChI=1S/C21H18N4O5/c26-19-9-13(11-24(19)14-5-6-17-18(10-14)30-8-7-29-17)20(27)23-25-12-22-16-4-2-1-3-15(16)21(25)28/h1-6,10,12-13H,7-9,11H2,(H,23,27)/t13-/m0/s1. The number of amides is 2. The van der Waals surface area contributed by atoms with Crippen LogP contribution in [0.3, 0.4) is 0 Å². The van der Waals surface area contributed by atoms with Crippen molar-refractivity contribution >= 4 is 28.4 Å². The maximum absolute atomic E-state index is 12.7. The first-order valence-corrected chi connectivity index (χ1v) is 9.57. The van der Waals surface area contributed by atoms with Crippen LogP contribution in [-0.2, 0) is 9.59 Å². The molecule has 2 aliphatic heterocycles. The highest BCUT2D eigenvalue weighted by atomic mass is 16.6. The highest BCUT2D eigenvalue weighted by Crippen LogP contribution is 2.36. The van der Waals surface area contributed by atoms with Crippen LogP contribution in [0.1, 0.15) is 6.42 Å². The smallest absolute Gasteiger partial charge is 0.280 e. The molecule has 1 aromatic heterocycles. The first-order valence-electron chi connectivity index (χ1n) is 9.57. The molecule has 0 saturated carbocycles. The molecule has 0 bridgehead atoms. The minimum absolute atomic E-state index is 0.0516. The molecule has 152 valence electrons. The zero-order valence-corrected chi connectivity index (χ0v) is 15.9. The predicted octanol–water partition coefficient (Wildman–Crippen LogP) is 1.29. The van der Waals surface area contributed by atoms with Crippen molar-refractivity contribution in [1.29, 1.82) is 0 Å². The summed E-state index contributed by atoms with van der Waals surface area (Å²) in [5.74, 6) is 0.0322. The summed E-state index contributed by atoms with van der Waals surface area (Å²) in [4.78, 5) is 43.6. The lowest BCUT2D eigenvalue weighted by Gasteiger charge is -2.22. The van der Waals surface area contributed by atoms with Gasteiger partial charge < -0.3 is 14.4 Å². The molecule has 2 aromatic carbocycles. The first kappa shape index (κ1) is 18.2. The van der Waals surface area contributed by atoms with E-state index in [0.717, 1.165) is 4.68 Å². The molecule has 3 aromatic rings. The van der Waals surface area contributed by atoms with Gasteiger partial charge in [0.25, 0.3) is 5.56 Å². The average Bonchev–Trinajstić information content (AvgIpc) is 3.17. The summed E-state index contributed by atoms with van der Waals surface area (Å²) in [6, 6.07) is 12.2. The number of benzene rings is 2. The molecule has 2 aliphatic rings. The molecule has 1 saturated heterocycles. The van der Waals surface area contributed by atoms with Gasteiger partial charge in [0.05, 0.1) is 16.8 Å². The molecule has 0 radical (unpaired) electrons. The predicted molar refractivity (Wildman–Crippen MR) is 108 cm³/mol. The van der Waals surface area contributed by atoms with Gasteiger partial charge in [-0.05, 0) is 24.3 Å². The van der Waals surface area contributed by atoms with E-state index in [1.54, 1.807) is 47.4 Å². The molecule has 0 spiro atoms. The average molecular weight is 406 g/mol. The normalized spacial score (nSPS) is 17.9. The number of ether oxygens (including phenoxy) is 2. The third kappa shape index (κ3) is 3.14. The molecule has 1 atom stereocenters. The highest BCUT2D eigenvalue weighted by Gasteiger charge is 2.36. The van der Waals surface area contributed by atoms with E-state index in [0.29, 0.717) is 41.3 Å². The van der Waals surface area contributed by atoms with Gasteiger partial charge in [0.1, 0.15) is 19.5 Å². The Morgan fingerprint density at radius 2 is 1.87 bits per heavy atom. The van der Waals surface area contributed by atoms with Gasteiger partial charge in [0.2, 0.25) is 11.8 Å². The Labute approximate surface area is 170 Å². The van der Waals surface area contributed by atoms with Crippen molar-refractivity contribution in [3.05, 3.63) is 59.1 Å². The van der Waals surface area contributed by atoms with E-state index in [4.69, 9.17) is 9.47 Å². The number of rotatable bonds is 3. The lowest BCUT2D eigenvalue weighted by Crippen LogP contribution is -2.37. The van der Waals surface area contributed by atoms with E-state index in [2.05, 4.69) is 10.4 Å². The molecule has 9 nitrogen and oxygen atoms in total. The number of nitrogens with one attached hydrogen (secondary N) is 1.